The van der Waals surface area contributed by atoms with E-state index in [2.05, 4.69) is 0 Å². The minimum absolute atomic E-state index is 0.332. The Hall–Kier alpha value is -1.36. The van der Waals surface area contributed by atoms with Crippen LogP contribution in [0.4, 0.5) is 0 Å². The number of carbonyl (C=O) groups excluding carboxylic acids is 2. The zero-order valence-corrected chi connectivity index (χ0v) is 9.64. The Morgan fingerprint density at radius 1 is 1.62 bits per heavy atom. The maximum absolute atomic E-state index is 11.7. The van der Waals surface area contributed by atoms with E-state index in [-0.39, 0.29) is 5.91 Å². The molecule has 5 nitrogen and oxygen atoms in total. The number of aliphatic hydroxyl groups excluding tert-OH is 1. The molecule has 0 radical (unpaired) electrons. The van der Waals surface area contributed by atoms with E-state index in [1.165, 1.54) is 6.08 Å². The summed E-state index contributed by atoms with van der Waals surface area (Å²) in [5.74, 6) is -0.914. The Kier molecular flexibility index (Phi) is 4.06. The number of nitrogens with two attached hydrogens (primary N) is 1. The summed E-state index contributed by atoms with van der Waals surface area (Å²) in [6.45, 7) is 3.72. The highest BCUT2D eigenvalue weighted by atomic mass is 16.3. The van der Waals surface area contributed by atoms with Crippen LogP contribution < -0.4 is 5.73 Å². The van der Waals surface area contributed by atoms with E-state index < -0.39 is 18.2 Å². The van der Waals surface area contributed by atoms with Crippen LogP contribution in [0.5, 0.6) is 0 Å². The molecule has 0 spiro atoms. The summed E-state index contributed by atoms with van der Waals surface area (Å²) < 4.78 is 0. The van der Waals surface area contributed by atoms with E-state index in [1.807, 2.05) is 6.92 Å². The van der Waals surface area contributed by atoms with Gasteiger partial charge in [-0.25, -0.2) is 0 Å². The molecule has 1 heterocycles. The number of nitrogens with zero attached hydrogens (tertiary/aromatic N) is 1. The molecule has 0 saturated carbocycles. The molecule has 1 aliphatic heterocycles. The van der Waals surface area contributed by atoms with Gasteiger partial charge in [0.05, 0.1) is 0 Å². The second kappa shape index (κ2) is 5.12. The lowest BCUT2D eigenvalue weighted by Crippen LogP contribution is -2.49. The second-order valence-corrected chi connectivity index (χ2v) is 3.91. The number of rotatable bonds is 5. The Morgan fingerprint density at radius 2 is 2.25 bits per heavy atom. The van der Waals surface area contributed by atoms with Gasteiger partial charge in [0, 0.05) is 6.08 Å². The van der Waals surface area contributed by atoms with Crippen molar-refractivity contribution in [2.75, 3.05) is 0 Å². The summed E-state index contributed by atoms with van der Waals surface area (Å²) in [7, 11) is 0. The third-order valence-corrected chi connectivity index (χ3v) is 2.75. The van der Waals surface area contributed by atoms with Crippen molar-refractivity contribution >= 4 is 11.8 Å². The minimum atomic E-state index is -0.995. The van der Waals surface area contributed by atoms with Crippen molar-refractivity contribution in [2.45, 2.75) is 45.4 Å². The predicted molar refractivity (Wildman–Crippen MR) is 59.1 cm³/mol. The van der Waals surface area contributed by atoms with Gasteiger partial charge >= 0.3 is 0 Å². The number of carbonyl (C=O) groups is 2. The van der Waals surface area contributed by atoms with Crippen molar-refractivity contribution in [1.29, 1.82) is 0 Å². The Bertz CT molecular complexity index is 325. The van der Waals surface area contributed by atoms with E-state index in [0.717, 1.165) is 11.3 Å². The first-order valence-electron chi connectivity index (χ1n) is 5.53. The molecule has 3 N–H and O–H groups in total. The molecule has 2 amide bonds. The molecule has 0 aromatic rings. The van der Waals surface area contributed by atoms with Gasteiger partial charge in [0.25, 0.3) is 0 Å². The fourth-order valence-electron chi connectivity index (χ4n) is 1.96. The van der Waals surface area contributed by atoms with Gasteiger partial charge < -0.3 is 10.8 Å². The molecule has 5 heteroatoms. The average Bonchev–Trinajstić information content (AvgIpc) is 2.47. The molecule has 0 aliphatic carbocycles. The second-order valence-electron chi connectivity index (χ2n) is 3.91. The van der Waals surface area contributed by atoms with Crippen LogP contribution in [0.1, 0.15) is 33.1 Å². The monoisotopic (exact) mass is 226 g/mol. The third kappa shape index (κ3) is 2.24. The summed E-state index contributed by atoms with van der Waals surface area (Å²) in [6, 6.07) is -0.729. The third-order valence-electron chi connectivity index (χ3n) is 2.75. The normalized spacial score (nSPS) is 22.2. The maximum Gasteiger partial charge on any atom is 0.249 e. The van der Waals surface area contributed by atoms with Crippen LogP contribution in [0.25, 0.3) is 0 Å². The molecule has 0 saturated heterocycles. The summed E-state index contributed by atoms with van der Waals surface area (Å²) in [6.07, 6.45) is 2.31. The first kappa shape index (κ1) is 12.7. The summed E-state index contributed by atoms with van der Waals surface area (Å²) in [5, 5.41) is 9.93. The molecule has 16 heavy (non-hydrogen) atoms. The van der Waals surface area contributed by atoms with E-state index >= 15 is 0 Å². The summed E-state index contributed by atoms with van der Waals surface area (Å²) >= 11 is 0. The number of hydrogen-bond donors (Lipinski definition) is 2. The Labute approximate surface area is 94.9 Å². The lowest BCUT2D eigenvalue weighted by Gasteiger charge is -2.28. The topological polar surface area (TPSA) is 83.6 Å². The highest BCUT2D eigenvalue weighted by molar-refractivity contribution is 5.95. The molecule has 90 valence electrons. The largest absolute Gasteiger partial charge is 0.369 e. The number of amides is 2. The summed E-state index contributed by atoms with van der Waals surface area (Å²) in [4.78, 5) is 24.0. The van der Waals surface area contributed by atoms with Crippen molar-refractivity contribution in [3.63, 3.8) is 0 Å². The zero-order valence-electron chi connectivity index (χ0n) is 9.64. The first-order valence-corrected chi connectivity index (χ1v) is 5.53. The van der Waals surface area contributed by atoms with E-state index in [9.17, 15) is 14.7 Å². The molecule has 2 atom stereocenters. The van der Waals surface area contributed by atoms with E-state index in [1.54, 1.807) is 6.92 Å². The Morgan fingerprint density at radius 3 is 2.69 bits per heavy atom. The van der Waals surface area contributed by atoms with Crippen molar-refractivity contribution in [1.82, 2.24) is 4.90 Å². The van der Waals surface area contributed by atoms with Crippen molar-refractivity contribution < 1.29 is 14.7 Å². The van der Waals surface area contributed by atoms with Gasteiger partial charge in [-0.3, -0.25) is 14.5 Å². The fraction of sp³-hybridized carbons (Fsp3) is 0.636. The van der Waals surface area contributed by atoms with Crippen molar-refractivity contribution in [3.8, 4) is 0 Å². The van der Waals surface area contributed by atoms with Crippen molar-refractivity contribution in [2.24, 2.45) is 5.73 Å². The van der Waals surface area contributed by atoms with Crippen LogP contribution in [0.15, 0.2) is 11.6 Å². The van der Waals surface area contributed by atoms with Crippen LogP contribution in [0, 0.1) is 0 Å². The molecule has 0 bridgehead atoms. The van der Waals surface area contributed by atoms with Crippen LogP contribution >= 0.6 is 0 Å². The van der Waals surface area contributed by atoms with Gasteiger partial charge in [-0.2, -0.15) is 0 Å². The predicted octanol–water partition coefficient (Wildman–Crippen LogP) is 0.137. The number of aliphatic hydroxyl groups is 1. The zero-order chi connectivity index (χ0) is 12.3. The minimum Gasteiger partial charge on any atom is -0.369 e. The SMILES string of the molecule is CCCC1=CC(=O)N(C(CC)C(N)=O)C1O. The van der Waals surface area contributed by atoms with E-state index in [4.69, 9.17) is 5.73 Å². The van der Waals surface area contributed by atoms with Gasteiger partial charge in [0.1, 0.15) is 6.04 Å². The highest BCUT2D eigenvalue weighted by Gasteiger charge is 2.37. The van der Waals surface area contributed by atoms with Crippen LogP contribution in [0.3, 0.4) is 0 Å². The quantitative estimate of drug-likeness (QED) is 0.699. The maximum atomic E-state index is 11.7. The summed E-state index contributed by atoms with van der Waals surface area (Å²) in [5.41, 5.74) is 5.86. The standard InChI is InChI=1S/C11H18N2O3/c1-3-5-7-6-9(14)13(11(7)16)8(4-2)10(12)15/h6,8,11,16H,3-5H2,1-2H3,(H2,12,15). The van der Waals surface area contributed by atoms with Gasteiger partial charge in [0.15, 0.2) is 6.23 Å². The van der Waals surface area contributed by atoms with Crippen LogP contribution in [-0.4, -0.2) is 34.1 Å². The highest BCUT2D eigenvalue weighted by Crippen LogP contribution is 2.24. The lowest BCUT2D eigenvalue weighted by molar-refractivity contribution is -0.142. The molecule has 0 aromatic carbocycles. The molecule has 2 unspecified atom stereocenters. The molecular weight excluding hydrogens is 208 g/mol. The molecule has 1 rings (SSSR count). The van der Waals surface area contributed by atoms with Gasteiger partial charge in [-0.05, 0) is 18.4 Å². The molecular formula is C11H18N2O3. The van der Waals surface area contributed by atoms with Gasteiger partial charge in [-0.1, -0.05) is 20.3 Å². The van der Waals surface area contributed by atoms with Crippen molar-refractivity contribution in [3.05, 3.63) is 11.6 Å². The smallest absolute Gasteiger partial charge is 0.249 e. The van der Waals surface area contributed by atoms with Gasteiger partial charge in [-0.15, -0.1) is 0 Å². The number of primary amides is 1. The van der Waals surface area contributed by atoms with Gasteiger partial charge in [0.2, 0.25) is 11.8 Å². The first-order chi connectivity index (χ1) is 7.52. The van der Waals surface area contributed by atoms with Crippen LogP contribution in [-0.2, 0) is 9.59 Å². The molecule has 0 aromatic heterocycles. The molecule has 0 fully saturated rings. The average molecular weight is 226 g/mol. The molecule has 1 aliphatic rings. The lowest BCUT2D eigenvalue weighted by atomic mass is 10.1. The van der Waals surface area contributed by atoms with Crippen LogP contribution in [0.2, 0.25) is 0 Å². The Balaban J connectivity index is 2.85. The number of hydrogen-bond acceptors (Lipinski definition) is 3. The fourth-order valence-corrected chi connectivity index (χ4v) is 1.96. The van der Waals surface area contributed by atoms with E-state index in [0.29, 0.717) is 18.4 Å².